The summed E-state index contributed by atoms with van der Waals surface area (Å²) in [7, 11) is 2.15. The average Bonchev–Trinajstić information content (AvgIpc) is 2.81. The lowest BCUT2D eigenvalue weighted by Gasteiger charge is -2.00. The number of nitrogens with zero attached hydrogens (tertiary/aromatic N) is 1. The molecule has 1 nitrogen and oxygen atoms in total. The third kappa shape index (κ3) is 1.98. The van der Waals surface area contributed by atoms with E-state index in [9.17, 15) is 0 Å². The van der Waals surface area contributed by atoms with Gasteiger partial charge in [0.2, 0.25) is 0 Å². The monoisotopic (exact) mass is 237 g/mol. The molecule has 0 saturated carbocycles. The van der Waals surface area contributed by atoms with Gasteiger partial charge in [-0.05, 0) is 29.6 Å². The zero-order chi connectivity index (χ0) is 11.7. The maximum atomic E-state index is 4.58. The predicted molar refractivity (Wildman–Crippen MR) is 77.3 cm³/mol. The molecule has 0 aliphatic rings. The van der Waals surface area contributed by atoms with Crippen molar-refractivity contribution >= 4 is 29.4 Å². The topological polar surface area (TPSA) is 12.9 Å². The SMILES string of the molecule is BCc1nc2ccc(-c3ccccc3)cc2s1. The Balaban J connectivity index is 2.13. The number of aromatic nitrogens is 1. The fourth-order valence-electron chi connectivity index (χ4n) is 1.93. The highest BCUT2D eigenvalue weighted by Gasteiger charge is 2.04. The second-order valence-electron chi connectivity index (χ2n) is 4.01. The lowest BCUT2D eigenvalue weighted by molar-refractivity contribution is 1.30. The molecule has 0 N–H and O–H groups in total. The highest BCUT2D eigenvalue weighted by atomic mass is 32.1. The molecule has 3 rings (SSSR count). The summed E-state index contributed by atoms with van der Waals surface area (Å²) in [6.07, 6.45) is 1.01. The molecule has 0 amide bonds. The van der Waals surface area contributed by atoms with Crippen LogP contribution in [0.2, 0.25) is 0 Å². The standard InChI is InChI=1S/C14H12BNS/c15-9-14-16-12-7-6-11(8-13(12)17-14)10-4-2-1-3-5-10/h1-8H,9,15H2. The van der Waals surface area contributed by atoms with Crippen LogP contribution in [0.25, 0.3) is 21.3 Å². The minimum atomic E-state index is 1.01. The van der Waals surface area contributed by atoms with E-state index < -0.39 is 0 Å². The molecule has 0 spiro atoms. The summed E-state index contributed by atoms with van der Waals surface area (Å²) in [5.41, 5.74) is 3.65. The van der Waals surface area contributed by atoms with Crippen molar-refractivity contribution in [2.24, 2.45) is 0 Å². The summed E-state index contributed by atoms with van der Waals surface area (Å²) >= 11 is 1.79. The van der Waals surface area contributed by atoms with Gasteiger partial charge in [0.25, 0.3) is 0 Å². The van der Waals surface area contributed by atoms with Crippen LogP contribution < -0.4 is 0 Å². The molecular formula is C14H12BNS. The van der Waals surface area contributed by atoms with Gasteiger partial charge in [-0.25, -0.2) is 4.98 Å². The van der Waals surface area contributed by atoms with Gasteiger partial charge in [0.1, 0.15) is 7.85 Å². The van der Waals surface area contributed by atoms with Crippen LogP contribution in [0.15, 0.2) is 48.5 Å². The van der Waals surface area contributed by atoms with Crippen molar-refractivity contribution in [1.29, 1.82) is 0 Å². The van der Waals surface area contributed by atoms with Crippen LogP contribution in [-0.2, 0) is 6.32 Å². The second kappa shape index (κ2) is 4.34. The molecule has 1 heterocycles. The molecule has 17 heavy (non-hydrogen) atoms. The summed E-state index contributed by atoms with van der Waals surface area (Å²) < 4.78 is 1.28. The Bertz CT molecular complexity index is 646. The molecule has 0 aliphatic heterocycles. The molecule has 0 radical (unpaired) electrons. The molecule has 0 bridgehead atoms. The van der Waals surface area contributed by atoms with E-state index in [1.54, 1.807) is 11.3 Å². The van der Waals surface area contributed by atoms with Crippen LogP contribution in [0, 0.1) is 0 Å². The Hall–Kier alpha value is -1.61. The van der Waals surface area contributed by atoms with E-state index in [2.05, 4.69) is 55.3 Å². The molecule has 2 aromatic carbocycles. The lowest BCUT2D eigenvalue weighted by atomic mass is 10.1. The normalized spacial score (nSPS) is 10.8. The molecule has 1 aromatic heterocycles. The zero-order valence-electron chi connectivity index (χ0n) is 9.68. The molecule has 0 unspecified atom stereocenters. The minimum Gasteiger partial charge on any atom is -0.242 e. The number of thiazole rings is 1. The first kappa shape index (κ1) is 10.5. The van der Waals surface area contributed by atoms with Gasteiger partial charge in [-0.3, -0.25) is 0 Å². The number of fused-ring (bicyclic) bond motifs is 1. The molecular weight excluding hydrogens is 225 g/mol. The van der Waals surface area contributed by atoms with Crippen molar-refractivity contribution in [3.63, 3.8) is 0 Å². The Morgan fingerprint density at radius 2 is 1.82 bits per heavy atom. The summed E-state index contributed by atoms with van der Waals surface area (Å²) in [5.74, 6) is 0. The van der Waals surface area contributed by atoms with E-state index in [0.717, 1.165) is 11.8 Å². The van der Waals surface area contributed by atoms with Crippen molar-refractivity contribution < 1.29 is 0 Å². The van der Waals surface area contributed by atoms with Crippen LogP contribution in [-0.4, -0.2) is 12.8 Å². The first-order chi connectivity index (χ1) is 8.36. The Kier molecular flexibility index (Phi) is 2.69. The largest absolute Gasteiger partial charge is 0.242 e. The molecule has 0 saturated heterocycles. The van der Waals surface area contributed by atoms with Crippen LogP contribution in [0.3, 0.4) is 0 Å². The van der Waals surface area contributed by atoms with Gasteiger partial charge in [0.15, 0.2) is 0 Å². The van der Waals surface area contributed by atoms with Gasteiger partial charge in [-0.1, -0.05) is 36.4 Å². The molecule has 0 fully saturated rings. The van der Waals surface area contributed by atoms with Crippen LogP contribution >= 0.6 is 11.3 Å². The number of rotatable bonds is 2. The van der Waals surface area contributed by atoms with Gasteiger partial charge in [-0.15, -0.1) is 11.3 Å². The number of benzene rings is 2. The number of hydrogen-bond donors (Lipinski definition) is 0. The summed E-state index contributed by atoms with van der Waals surface area (Å²) in [5, 5.41) is 1.21. The van der Waals surface area contributed by atoms with Gasteiger partial charge in [0, 0.05) is 0 Å². The van der Waals surface area contributed by atoms with Crippen LogP contribution in [0.1, 0.15) is 5.01 Å². The molecule has 82 valence electrons. The third-order valence-corrected chi connectivity index (χ3v) is 4.00. The molecule has 3 aromatic rings. The maximum absolute atomic E-state index is 4.58. The van der Waals surface area contributed by atoms with E-state index in [4.69, 9.17) is 0 Å². The summed E-state index contributed by atoms with van der Waals surface area (Å²) in [6, 6.07) is 17.0. The third-order valence-electron chi connectivity index (χ3n) is 2.84. The molecule has 0 atom stereocenters. The molecule has 3 heteroatoms. The predicted octanol–water partition coefficient (Wildman–Crippen LogP) is 3.10. The fraction of sp³-hybridized carbons (Fsp3) is 0.0714. The van der Waals surface area contributed by atoms with Crippen molar-refractivity contribution in [1.82, 2.24) is 4.98 Å². The Morgan fingerprint density at radius 3 is 2.59 bits per heavy atom. The average molecular weight is 237 g/mol. The van der Waals surface area contributed by atoms with E-state index >= 15 is 0 Å². The van der Waals surface area contributed by atoms with Gasteiger partial charge >= 0.3 is 0 Å². The quantitative estimate of drug-likeness (QED) is 0.624. The van der Waals surface area contributed by atoms with Gasteiger partial charge in [-0.2, -0.15) is 0 Å². The zero-order valence-corrected chi connectivity index (χ0v) is 10.5. The van der Waals surface area contributed by atoms with E-state index in [1.807, 2.05) is 6.07 Å². The van der Waals surface area contributed by atoms with Crippen LogP contribution in [0.5, 0.6) is 0 Å². The van der Waals surface area contributed by atoms with Crippen molar-refractivity contribution in [3.8, 4) is 11.1 Å². The highest BCUT2D eigenvalue weighted by molar-refractivity contribution is 7.18. The lowest BCUT2D eigenvalue weighted by Crippen LogP contribution is -1.79. The first-order valence-corrected chi connectivity index (χ1v) is 6.63. The van der Waals surface area contributed by atoms with E-state index in [1.165, 1.54) is 20.8 Å². The van der Waals surface area contributed by atoms with Crippen LogP contribution in [0.4, 0.5) is 0 Å². The smallest absolute Gasteiger partial charge is 0.110 e. The van der Waals surface area contributed by atoms with E-state index in [0.29, 0.717) is 0 Å². The molecule has 0 aliphatic carbocycles. The van der Waals surface area contributed by atoms with Gasteiger partial charge < -0.3 is 0 Å². The maximum Gasteiger partial charge on any atom is 0.110 e. The van der Waals surface area contributed by atoms with Crippen molar-refractivity contribution in [3.05, 3.63) is 53.5 Å². The summed E-state index contributed by atoms with van der Waals surface area (Å²) in [4.78, 5) is 4.58. The fourth-order valence-corrected chi connectivity index (χ4v) is 2.88. The minimum absolute atomic E-state index is 1.01. The number of hydrogen-bond acceptors (Lipinski definition) is 2. The Morgan fingerprint density at radius 1 is 1.00 bits per heavy atom. The summed E-state index contributed by atoms with van der Waals surface area (Å²) in [6.45, 7) is 0. The van der Waals surface area contributed by atoms with Crippen molar-refractivity contribution in [2.45, 2.75) is 6.32 Å². The van der Waals surface area contributed by atoms with Crippen molar-refractivity contribution in [2.75, 3.05) is 0 Å². The Labute approximate surface area is 106 Å². The van der Waals surface area contributed by atoms with Gasteiger partial charge in [0.05, 0.1) is 15.2 Å². The highest BCUT2D eigenvalue weighted by Crippen LogP contribution is 2.28. The first-order valence-electron chi connectivity index (χ1n) is 5.81. The second-order valence-corrected chi connectivity index (χ2v) is 5.12. The van der Waals surface area contributed by atoms with E-state index in [-0.39, 0.29) is 0 Å².